The van der Waals surface area contributed by atoms with Crippen molar-refractivity contribution in [3.63, 3.8) is 0 Å². The number of fused-ring (bicyclic) bond motifs is 1. The first-order valence-electron chi connectivity index (χ1n) is 10.1. The van der Waals surface area contributed by atoms with Crippen LogP contribution in [-0.4, -0.2) is 48.7 Å². The Morgan fingerprint density at radius 3 is 2.13 bits per heavy atom. The highest BCUT2D eigenvalue weighted by Crippen LogP contribution is 2.35. The van der Waals surface area contributed by atoms with Crippen LogP contribution in [0.4, 0.5) is 5.88 Å². The monoisotopic (exact) mass is 433 g/mol. The lowest BCUT2D eigenvalue weighted by molar-refractivity contribution is -0.402. The number of sulfonamides is 1. The third-order valence-electron chi connectivity index (χ3n) is 6.09. The predicted octanol–water partition coefficient (Wildman–Crippen LogP) is 3.24. The van der Waals surface area contributed by atoms with Crippen LogP contribution in [0.3, 0.4) is 0 Å². The molecule has 1 aromatic carbocycles. The van der Waals surface area contributed by atoms with Crippen LogP contribution in [-0.2, 0) is 22.0 Å². The van der Waals surface area contributed by atoms with E-state index in [1.165, 1.54) is 6.07 Å². The summed E-state index contributed by atoms with van der Waals surface area (Å²) in [6.07, 6.45) is 0. The Morgan fingerprint density at radius 2 is 1.63 bits per heavy atom. The fourth-order valence-corrected chi connectivity index (χ4v) is 5.97. The molecular weight excluding hydrogens is 406 g/mol. The standard InChI is InChI=1S/C21H27N3O5S/c1-21(2,3)17-4-7-19(8-5-17)30(27,28)23-12-15-10-22(11-16(15)13-23)14-18-6-9-20(29-18)24(25)26/h4-9,15-16H,10-14H2,1-3H3. The molecule has 30 heavy (non-hydrogen) atoms. The van der Waals surface area contributed by atoms with Gasteiger partial charge in [0, 0.05) is 26.2 Å². The molecule has 2 aliphatic heterocycles. The number of rotatable bonds is 5. The van der Waals surface area contributed by atoms with E-state index in [-0.39, 0.29) is 23.1 Å². The Morgan fingerprint density at radius 1 is 1.03 bits per heavy atom. The smallest absolute Gasteiger partial charge is 0.404 e. The molecule has 0 aliphatic carbocycles. The minimum atomic E-state index is -3.50. The molecule has 4 rings (SSSR count). The molecular formula is C21H27N3O5S. The van der Waals surface area contributed by atoms with Gasteiger partial charge in [0.25, 0.3) is 0 Å². The molecule has 3 heterocycles. The topological polar surface area (TPSA) is 96.9 Å². The molecule has 8 nitrogen and oxygen atoms in total. The van der Waals surface area contributed by atoms with Crippen LogP contribution in [0, 0.1) is 22.0 Å². The van der Waals surface area contributed by atoms with Crippen molar-refractivity contribution in [2.45, 2.75) is 37.6 Å². The molecule has 0 bridgehead atoms. The summed E-state index contributed by atoms with van der Waals surface area (Å²) in [6, 6.07) is 10.2. The van der Waals surface area contributed by atoms with E-state index in [2.05, 4.69) is 25.7 Å². The zero-order valence-electron chi connectivity index (χ0n) is 17.4. The predicted molar refractivity (Wildman–Crippen MR) is 112 cm³/mol. The van der Waals surface area contributed by atoms with Gasteiger partial charge in [-0.2, -0.15) is 4.31 Å². The first-order chi connectivity index (χ1) is 14.0. The van der Waals surface area contributed by atoms with Gasteiger partial charge >= 0.3 is 5.88 Å². The van der Waals surface area contributed by atoms with Gasteiger partial charge in [-0.15, -0.1) is 0 Å². The van der Waals surface area contributed by atoms with Crippen LogP contribution < -0.4 is 0 Å². The van der Waals surface area contributed by atoms with Crippen LogP contribution in [0.25, 0.3) is 0 Å². The Hall–Kier alpha value is -2.23. The number of nitrogens with zero attached hydrogens (tertiary/aromatic N) is 3. The summed E-state index contributed by atoms with van der Waals surface area (Å²) in [5.74, 6) is 0.835. The summed E-state index contributed by atoms with van der Waals surface area (Å²) < 4.78 is 33.0. The van der Waals surface area contributed by atoms with Gasteiger partial charge in [0.05, 0.1) is 17.5 Å². The second-order valence-corrected chi connectivity index (χ2v) is 11.2. The Bertz CT molecular complexity index is 1030. The molecule has 2 fully saturated rings. The van der Waals surface area contributed by atoms with Crippen LogP contribution in [0.5, 0.6) is 0 Å². The molecule has 2 aliphatic rings. The van der Waals surface area contributed by atoms with E-state index < -0.39 is 14.9 Å². The highest BCUT2D eigenvalue weighted by Gasteiger charge is 2.44. The van der Waals surface area contributed by atoms with E-state index in [0.29, 0.717) is 30.3 Å². The van der Waals surface area contributed by atoms with E-state index in [9.17, 15) is 18.5 Å². The van der Waals surface area contributed by atoms with Gasteiger partial charge in [-0.1, -0.05) is 32.9 Å². The maximum atomic E-state index is 13.1. The van der Waals surface area contributed by atoms with Gasteiger partial charge in [-0.25, -0.2) is 8.42 Å². The number of furan rings is 1. The Labute approximate surface area is 176 Å². The number of nitro groups is 1. The van der Waals surface area contributed by atoms with Gasteiger partial charge in [-0.3, -0.25) is 15.0 Å². The van der Waals surface area contributed by atoms with E-state index in [4.69, 9.17) is 4.42 Å². The second-order valence-electron chi connectivity index (χ2n) is 9.31. The van der Waals surface area contributed by atoms with Gasteiger partial charge < -0.3 is 4.42 Å². The average molecular weight is 434 g/mol. The zero-order chi connectivity index (χ0) is 21.7. The summed E-state index contributed by atoms with van der Waals surface area (Å²) in [7, 11) is -3.50. The summed E-state index contributed by atoms with van der Waals surface area (Å²) in [5.41, 5.74) is 1.08. The third kappa shape index (κ3) is 4.01. The highest BCUT2D eigenvalue weighted by atomic mass is 32.2. The SMILES string of the molecule is CC(C)(C)c1ccc(S(=O)(=O)N2CC3CN(Cc4ccc([N+](=O)[O-])o4)CC3C2)cc1. The first-order valence-corrected chi connectivity index (χ1v) is 11.5. The molecule has 2 unspecified atom stereocenters. The van der Waals surface area contributed by atoms with E-state index in [0.717, 1.165) is 18.7 Å². The molecule has 0 spiro atoms. The highest BCUT2D eigenvalue weighted by molar-refractivity contribution is 7.89. The minimum absolute atomic E-state index is 0.0230. The van der Waals surface area contributed by atoms with Crippen LogP contribution >= 0.6 is 0 Å². The van der Waals surface area contributed by atoms with Crippen LogP contribution in [0.15, 0.2) is 45.7 Å². The van der Waals surface area contributed by atoms with Crippen molar-refractivity contribution in [1.82, 2.24) is 9.21 Å². The number of hydrogen-bond donors (Lipinski definition) is 0. The van der Waals surface area contributed by atoms with Gasteiger partial charge in [0.15, 0.2) is 0 Å². The molecule has 0 N–H and O–H groups in total. The van der Waals surface area contributed by atoms with E-state index in [1.807, 2.05) is 12.1 Å². The normalized spacial score (nSPS) is 23.0. The fourth-order valence-electron chi connectivity index (χ4n) is 4.42. The summed E-state index contributed by atoms with van der Waals surface area (Å²) >= 11 is 0. The fraction of sp³-hybridized carbons (Fsp3) is 0.524. The van der Waals surface area contributed by atoms with Crippen molar-refractivity contribution in [2.75, 3.05) is 26.2 Å². The Kier molecular flexibility index (Phi) is 5.24. The zero-order valence-corrected chi connectivity index (χ0v) is 18.3. The summed E-state index contributed by atoms with van der Waals surface area (Å²) in [6.45, 7) is 9.33. The second kappa shape index (κ2) is 7.47. The molecule has 2 saturated heterocycles. The van der Waals surface area contributed by atoms with Crippen molar-refractivity contribution in [3.05, 3.63) is 57.8 Å². The quantitative estimate of drug-likeness (QED) is 0.530. The third-order valence-corrected chi connectivity index (χ3v) is 7.94. The van der Waals surface area contributed by atoms with Gasteiger partial charge in [0.1, 0.15) is 10.7 Å². The Balaban J connectivity index is 1.39. The lowest BCUT2D eigenvalue weighted by Gasteiger charge is -2.22. The number of likely N-dealkylation sites (tertiary alicyclic amines) is 1. The summed E-state index contributed by atoms with van der Waals surface area (Å²) in [4.78, 5) is 12.7. The largest absolute Gasteiger partial charge is 0.433 e. The van der Waals surface area contributed by atoms with Gasteiger partial charge in [0.2, 0.25) is 10.0 Å². The molecule has 162 valence electrons. The van der Waals surface area contributed by atoms with Crippen molar-refractivity contribution in [2.24, 2.45) is 11.8 Å². The van der Waals surface area contributed by atoms with Crippen LogP contribution in [0.1, 0.15) is 32.1 Å². The molecule has 1 aromatic heterocycles. The van der Waals surface area contributed by atoms with Crippen molar-refractivity contribution < 1.29 is 17.8 Å². The maximum absolute atomic E-state index is 13.1. The number of hydrogen-bond acceptors (Lipinski definition) is 6. The van der Waals surface area contributed by atoms with Crippen molar-refractivity contribution in [3.8, 4) is 0 Å². The first kappa shape index (κ1) is 21.0. The molecule has 2 aromatic rings. The maximum Gasteiger partial charge on any atom is 0.433 e. The van der Waals surface area contributed by atoms with E-state index in [1.54, 1.807) is 22.5 Å². The van der Waals surface area contributed by atoms with E-state index >= 15 is 0 Å². The summed E-state index contributed by atoms with van der Waals surface area (Å²) in [5, 5.41) is 10.8. The minimum Gasteiger partial charge on any atom is -0.404 e. The van der Waals surface area contributed by atoms with Crippen LogP contribution in [0.2, 0.25) is 0 Å². The molecule has 9 heteroatoms. The molecule has 2 atom stereocenters. The molecule has 0 amide bonds. The van der Waals surface area contributed by atoms with Crippen molar-refractivity contribution >= 4 is 15.9 Å². The average Bonchev–Trinajstić information content (AvgIpc) is 3.36. The lowest BCUT2D eigenvalue weighted by atomic mass is 9.87. The molecule has 0 saturated carbocycles. The van der Waals surface area contributed by atoms with Gasteiger partial charge in [-0.05, 0) is 41.0 Å². The van der Waals surface area contributed by atoms with Crippen molar-refractivity contribution in [1.29, 1.82) is 0 Å². The lowest BCUT2D eigenvalue weighted by Crippen LogP contribution is -2.33. The molecule has 0 radical (unpaired) electrons. The number of benzene rings is 1.